The summed E-state index contributed by atoms with van der Waals surface area (Å²) in [5.74, 6) is 0.246. The van der Waals surface area contributed by atoms with E-state index in [1.54, 1.807) is 28.9 Å². The van der Waals surface area contributed by atoms with Gasteiger partial charge in [-0.3, -0.25) is 9.48 Å². The third-order valence-electron chi connectivity index (χ3n) is 6.07. The first-order valence-corrected chi connectivity index (χ1v) is 11.8. The van der Waals surface area contributed by atoms with Crippen molar-refractivity contribution in [2.24, 2.45) is 7.05 Å². The number of nitrogens with zero attached hydrogens (tertiary/aromatic N) is 6. The molecule has 0 spiro atoms. The van der Waals surface area contributed by atoms with Crippen molar-refractivity contribution in [2.45, 2.75) is 25.5 Å². The number of aliphatic hydroxyl groups is 1. The normalized spacial score (nSPS) is 18.0. The molecule has 0 saturated carbocycles. The molecule has 10 heteroatoms. The van der Waals surface area contributed by atoms with Gasteiger partial charge in [0.25, 0.3) is 5.91 Å². The Morgan fingerprint density at radius 3 is 2.79 bits per heavy atom. The van der Waals surface area contributed by atoms with Crippen LogP contribution < -0.4 is 5.32 Å². The van der Waals surface area contributed by atoms with Crippen LogP contribution >= 0.6 is 11.3 Å². The number of nitrogens with one attached hydrogen (secondary N) is 1. The molecule has 1 aliphatic rings. The lowest BCUT2D eigenvalue weighted by molar-refractivity contribution is -0.143. The number of amides is 1. The fourth-order valence-electron chi connectivity index (χ4n) is 4.14. The third-order valence-corrected chi connectivity index (χ3v) is 6.96. The number of hydrogen-bond acceptors (Lipinski definition) is 8. The van der Waals surface area contributed by atoms with Crippen molar-refractivity contribution in [3.05, 3.63) is 64.9 Å². The monoisotopic (exact) mass is 475 g/mol. The number of rotatable bonds is 6. The molecule has 1 fully saturated rings. The largest absolute Gasteiger partial charge is 0.375 e. The zero-order valence-corrected chi connectivity index (χ0v) is 20.0. The van der Waals surface area contributed by atoms with Crippen LogP contribution in [-0.2, 0) is 24.0 Å². The summed E-state index contributed by atoms with van der Waals surface area (Å²) in [6.45, 7) is 3.08. The summed E-state index contributed by atoms with van der Waals surface area (Å²) in [5.41, 5.74) is 3.47. The smallest absolute Gasteiger partial charge is 0.258 e. The summed E-state index contributed by atoms with van der Waals surface area (Å²) in [5, 5.41) is 21.3. The van der Waals surface area contributed by atoms with Crippen LogP contribution in [0.2, 0.25) is 0 Å². The molecule has 4 heterocycles. The number of likely N-dealkylation sites (tertiary alicyclic amines) is 1. The first kappa shape index (κ1) is 22.2. The molecule has 0 aliphatic carbocycles. The first-order chi connectivity index (χ1) is 16.3. The molecule has 1 atom stereocenters. The predicted octanol–water partition coefficient (Wildman–Crippen LogP) is 2.97. The van der Waals surface area contributed by atoms with Crippen LogP contribution in [0.25, 0.3) is 22.0 Å². The second-order valence-electron chi connectivity index (χ2n) is 8.49. The van der Waals surface area contributed by atoms with Crippen LogP contribution in [0.1, 0.15) is 23.2 Å². The fourth-order valence-corrected chi connectivity index (χ4v) is 4.95. The van der Waals surface area contributed by atoms with Gasteiger partial charge in [0.1, 0.15) is 10.7 Å². The Kier molecular flexibility index (Phi) is 5.62. The van der Waals surface area contributed by atoms with Gasteiger partial charge in [0, 0.05) is 62.5 Å². The molecule has 174 valence electrons. The second kappa shape index (κ2) is 8.62. The minimum atomic E-state index is -1.48. The molecule has 34 heavy (non-hydrogen) atoms. The number of carbonyl (C=O) groups excluding carboxylic acids is 1. The maximum Gasteiger partial charge on any atom is 0.258 e. The standard InChI is InChI=1S/C24H25N7O2S/c1-15-17(13-31(3)29-15)12-26-23-25-9-7-19(28-23)20-14-34-21(27-20)16-5-4-6-18(11-16)24(33)8-10-30(2)22(24)32/h4-7,9,11,13-14,33H,8,10,12H2,1-3H3,(H,25,26,28). The van der Waals surface area contributed by atoms with E-state index in [1.165, 1.54) is 11.3 Å². The van der Waals surface area contributed by atoms with Gasteiger partial charge >= 0.3 is 0 Å². The Balaban J connectivity index is 1.36. The SMILES string of the molecule is Cc1nn(C)cc1CNc1nccc(-c2csc(-c3cccc(C4(O)CCN(C)C4=O)c3)n2)n1. The number of benzene rings is 1. The summed E-state index contributed by atoms with van der Waals surface area (Å²) >= 11 is 1.49. The van der Waals surface area contributed by atoms with Crippen LogP contribution in [0.4, 0.5) is 5.95 Å². The number of anilines is 1. The third kappa shape index (κ3) is 4.06. The molecule has 5 rings (SSSR count). The molecule has 0 bridgehead atoms. The first-order valence-electron chi connectivity index (χ1n) is 10.9. The van der Waals surface area contributed by atoms with Gasteiger partial charge in [-0.2, -0.15) is 5.10 Å². The highest BCUT2D eigenvalue weighted by Crippen LogP contribution is 2.36. The van der Waals surface area contributed by atoms with Crippen molar-refractivity contribution < 1.29 is 9.90 Å². The Hall–Kier alpha value is -3.63. The maximum atomic E-state index is 12.5. The van der Waals surface area contributed by atoms with E-state index in [0.29, 0.717) is 36.7 Å². The van der Waals surface area contributed by atoms with E-state index < -0.39 is 5.60 Å². The van der Waals surface area contributed by atoms with Gasteiger partial charge in [0.05, 0.1) is 11.4 Å². The summed E-state index contributed by atoms with van der Waals surface area (Å²) in [4.78, 5) is 27.8. The van der Waals surface area contributed by atoms with Gasteiger partial charge < -0.3 is 15.3 Å². The molecule has 4 aromatic rings. The zero-order chi connectivity index (χ0) is 23.9. The highest BCUT2D eigenvalue weighted by Gasteiger charge is 2.45. The lowest BCUT2D eigenvalue weighted by Gasteiger charge is -2.21. The van der Waals surface area contributed by atoms with E-state index in [0.717, 1.165) is 27.5 Å². The van der Waals surface area contributed by atoms with Gasteiger partial charge in [0.15, 0.2) is 5.60 Å². The number of likely N-dealkylation sites (N-methyl/N-ethyl adjacent to an activating group) is 1. The van der Waals surface area contributed by atoms with E-state index in [4.69, 9.17) is 4.98 Å². The summed E-state index contributed by atoms with van der Waals surface area (Å²) in [6.07, 6.45) is 4.06. The average molecular weight is 476 g/mol. The molecule has 1 unspecified atom stereocenters. The topological polar surface area (TPSA) is 109 Å². The Morgan fingerprint density at radius 1 is 1.21 bits per heavy atom. The quantitative estimate of drug-likeness (QED) is 0.441. The fraction of sp³-hybridized carbons (Fsp3) is 0.292. The summed E-state index contributed by atoms with van der Waals surface area (Å²) in [6, 6.07) is 9.25. The van der Waals surface area contributed by atoms with Crippen molar-refractivity contribution in [3.8, 4) is 22.0 Å². The molecule has 1 amide bonds. The van der Waals surface area contributed by atoms with Crippen LogP contribution in [0.15, 0.2) is 48.1 Å². The van der Waals surface area contributed by atoms with Gasteiger partial charge in [-0.05, 0) is 24.6 Å². The Labute approximate surface area is 201 Å². The second-order valence-corrected chi connectivity index (χ2v) is 9.35. The molecular formula is C24H25N7O2S. The lowest BCUT2D eigenvalue weighted by atomic mass is 9.91. The van der Waals surface area contributed by atoms with Crippen LogP contribution in [0, 0.1) is 6.92 Å². The molecule has 1 aliphatic heterocycles. The van der Waals surface area contributed by atoms with E-state index in [-0.39, 0.29) is 5.91 Å². The molecule has 3 aromatic heterocycles. The van der Waals surface area contributed by atoms with Crippen LogP contribution in [0.3, 0.4) is 0 Å². The highest BCUT2D eigenvalue weighted by molar-refractivity contribution is 7.13. The van der Waals surface area contributed by atoms with E-state index in [2.05, 4.69) is 20.4 Å². The van der Waals surface area contributed by atoms with Crippen LogP contribution in [-0.4, -0.2) is 54.2 Å². The van der Waals surface area contributed by atoms with Gasteiger partial charge in [-0.1, -0.05) is 18.2 Å². The molecule has 1 aromatic carbocycles. The molecule has 1 saturated heterocycles. The zero-order valence-electron chi connectivity index (χ0n) is 19.2. The van der Waals surface area contributed by atoms with Crippen molar-refractivity contribution >= 4 is 23.2 Å². The number of aryl methyl sites for hydroxylation is 2. The average Bonchev–Trinajstić information content (AvgIpc) is 3.53. The summed E-state index contributed by atoms with van der Waals surface area (Å²) < 4.78 is 1.79. The predicted molar refractivity (Wildman–Crippen MR) is 130 cm³/mol. The highest BCUT2D eigenvalue weighted by atomic mass is 32.1. The Morgan fingerprint density at radius 2 is 2.06 bits per heavy atom. The molecule has 9 nitrogen and oxygen atoms in total. The number of aromatic nitrogens is 5. The van der Waals surface area contributed by atoms with E-state index in [1.807, 2.05) is 49.8 Å². The van der Waals surface area contributed by atoms with Gasteiger partial charge in [-0.15, -0.1) is 11.3 Å². The minimum absolute atomic E-state index is 0.271. The van der Waals surface area contributed by atoms with E-state index >= 15 is 0 Å². The number of hydrogen-bond donors (Lipinski definition) is 2. The molecule has 2 N–H and O–H groups in total. The maximum absolute atomic E-state index is 12.5. The molecular weight excluding hydrogens is 450 g/mol. The van der Waals surface area contributed by atoms with Crippen molar-refractivity contribution in [1.82, 2.24) is 29.6 Å². The van der Waals surface area contributed by atoms with Crippen LogP contribution in [0.5, 0.6) is 0 Å². The van der Waals surface area contributed by atoms with E-state index in [9.17, 15) is 9.90 Å². The lowest BCUT2D eigenvalue weighted by Crippen LogP contribution is -2.36. The number of carbonyl (C=O) groups is 1. The molecule has 0 radical (unpaired) electrons. The van der Waals surface area contributed by atoms with Crippen molar-refractivity contribution in [1.29, 1.82) is 0 Å². The minimum Gasteiger partial charge on any atom is -0.375 e. The Bertz CT molecular complexity index is 1360. The number of thiazole rings is 1. The van der Waals surface area contributed by atoms with Crippen molar-refractivity contribution in [3.63, 3.8) is 0 Å². The van der Waals surface area contributed by atoms with Gasteiger partial charge in [-0.25, -0.2) is 15.0 Å². The summed E-state index contributed by atoms with van der Waals surface area (Å²) in [7, 11) is 3.60. The van der Waals surface area contributed by atoms with Crippen molar-refractivity contribution in [2.75, 3.05) is 18.9 Å². The van der Waals surface area contributed by atoms with Gasteiger partial charge in [0.2, 0.25) is 5.95 Å².